The Morgan fingerprint density at radius 3 is 2.36 bits per heavy atom. The molecule has 0 bridgehead atoms. The monoisotopic (exact) mass is 200 g/mol. The van der Waals surface area contributed by atoms with Crippen molar-refractivity contribution < 1.29 is 0 Å². The van der Waals surface area contributed by atoms with E-state index in [9.17, 15) is 0 Å². The van der Waals surface area contributed by atoms with Gasteiger partial charge in [-0.25, -0.2) is 0 Å². The first-order chi connectivity index (χ1) is 6.88. The predicted molar refractivity (Wildman–Crippen MR) is 60.2 cm³/mol. The van der Waals surface area contributed by atoms with E-state index in [1.807, 2.05) is 0 Å². The lowest BCUT2D eigenvalue weighted by Gasteiger charge is -2.34. The summed E-state index contributed by atoms with van der Waals surface area (Å²) < 4.78 is 0. The average Bonchev–Trinajstić information content (AvgIpc) is 2.25. The van der Waals surface area contributed by atoms with Crippen LogP contribution in [0.4, 0.5) is 0 Å². The second-order valence-corrected chi connectivity index (χ2v) is 3.95. The molecule has 1 atom stereocenters. The minimum atomic E-state index is 0.658. The molecule has 4 nitrogen and oxygen atoms in total. The van der Waals surface area contributed by atoms with Crippen molar-refractivity contribution in [1.29, 1.82) is 0 Å². The smallest absolute Gasteiger partial charge is 0.0110 e. The molecule has 0 aliphatic carbocycles. The minimum Gasteiger partial charge on any atom is -0.330 e. The van der Waals surface area contributed by atoms with Crippen molar-refractivity contribution in [3.8, 4) is 0 Å². The first kappa shape index (κ1) is 11.9. The van der Waals surface area contributed by atoms with Crippen LogP contribution in [0.1, 0.15) is 19.3 Å². The van der Waals surface area contributed by atoms with Gasteiger partial charge in [0.1, 0.15) is 0 Å². The molecular weight excluding hydrogens is 176 g/mol. The fourth-order valence-electron chi connectivity index (χ4n) is 2.10. The summed E-state index contributed by atoms with van der Waals surface area (Å²) in [5.74, 6) is 0. The van der Waals surface area contributed by atoms with Gasteiger partial charge in [-0.1, -0.05) is 0 Å². The summed E-state index contributed by atoms with van der Waals surface area (Å²) in [6.07, 6.45) is 3.43. The molecule has 1 aliphatic rings. The van der Waals surface area contributed by atoms with E-state index in [2.05, 4.69) is 10.2 Å². The van der Waals surface area contributed by atoms with Crippen LogP contribution in [0.2, 0.25) is 0 Å². The van der Waals surface area contributed by atoms with E-state index in [0.717, 1.165) is 52.1 Å². The molecule has 0 radical (unpaired) electrons. The molecule has 0 spiro atoms. The van der Waals surface area contributed by atoms with E-state index in [1.165, 1.54) is 6.42 Å². The topological polar surface area (TPSA) is 67.3 Å². The zero-order chi connectivity index (χ0) is 10.2. The van der Waals surface area contributed by atoms with E-state index in [4.69, 9.17) is 11.5 Å². The highest BCUT2D eigenvalue weighted by Crippen LogP contribution is 2.10. The average molecular weight is 200 g/mol. The summed E-state index contributed by atoms with van der Waals surface area (Å²) >= 11 is 0. The van der Waals surface area contributed by atoms with Gasteiger partial charge in [0, 0.05) is 32.2 Å². The highest BCUT2D eigenvalue weighted by atomic mass is 15.2. The first-order valence-electron chi connectivity index (χ1n) is 5.73. The molecule has 1 unspecified atom stereocenters. The Labute approximate surface area is 87.0 Å². The number of hydrogen-bond donors (Lipinski definition) is 3. The van der Waals surface area contributed by atoms with Crippen molar-refractivity contribution in [3.05, 3.63) is 0 Å². The van der Waals surface area contributed by atoms with Crippen LogP contribution < -0.4 is 16.8 Å². The molecule has 5 N–H and O–H groups in total. The van der Waals surface area contributed by atoms with Crippen molar-refractivity contribution >= 4 is 0 Å². The van der Waals surface area contributed by atoms with Crippen molar-refractivity contribution in [2.45, 2.75) is 25.3 Å². The van der Waals surface area contributed by atoms with Crippen LogP contribution >= 0.6 is 0 Å². The molecule has 0 aromatic rings. The third kappa shape index (κ3) is 3.92. The van der Waals surface area contributed by atoms with E-state index in [-0.39, 0.29) is 0 Å². The van der Waals surface area contributed by atoms with Crippen molar-refractivity contribution in [2.24, 2.45) is 11.5 Å². The second-order valence-electron chi connectivity index (χ2n) is 3.95. The Hall–Kier alpha value is -0.160. The molecule has 1 fully saturated rings. The third-order valence-electron chi connectivity index (χ3n) is 2.91. The van der Waals surface area contributed by atoms with Crippen LogP contribution in [-0.2, 0) is 0 Å². The zero-order valence-electron chi connectivity index (χ0n) is 9.04. The zero-order valence-corrected chi connectivity index (χ0v) is 9.04. The molecule has 14 heavy (non-hydrogen) atoms. The molecule has 1 aliphatic heterocycles. The minimum absolute atomic E-state index is 0.658. The van der Waals surface area contributed by atoms with Crippen LogP contribution in [-0.4, -0.2) is 50.2 Å². The Kier molecular flexibility index (Phi) is 6.10. The van der Waals surface area contributed by atoms with Gasteiger partial charge in [0.05, 0.1) is 0 Å². The third-order valence-corrected chi connectivity index (χ3v) is 2.91. The van der Waals surface area contributed by atoms with E-state index in [0.29, 0.717) is 6.04 Å². The Balaban J connectivity index is 2.30. The lowest BCUT2D eigenvalue weighted by Crippen LogP contribution is -2.49. The molecule has 0 saturated carbocycles. The number of rotatable bonds is 6. The normalized spacial score (nSPS) is 21.0. The van der Waals surface area contributed by atoms with Gasteiger partial charge in [0.15, 0.2) is 0 Å². The van der Waals surface area contributed by atoms with Crippen LogP contribution in [0.3, 0.4) is 0 Å². The molecule has 0 aromatic carbocycles. The van der Waals surface area contributed by atoms with Gasteiger partial charge in [0.25, 0.3) is 0 Å². The van der Waals surface area contributed by atoms with E-state index < -0.39 is 0 Å². The number of nitrogens with two attached hydrogens (primary N) is 2. The molecule has 84 valence electrons. The van der Waals surface area contributed by atoms with Crippen LogP contribution in [0, 0.1) is 0 Å². The van der Waals surface area contributed by atoms with Gasteiger partial charge in [-0.3, -0.25) is 4.90 Å². The number of piperazine rings is 1. The lowest BCUT2D eigenvalue weighted by molar-refractivity contribution is 0.157. The second kappa shape index (κ2) is 7.17. The summed E-state index contributed by atoms with van der Waals surface area (Å²) in [5, 5.41) is 3.37. The number of nitrogens with zero attached hydrogens (tertiary/aromatic N) is 1. The van der Waals surface area contributed by atoms with Gasteiger partial charge in [-0.15, -0.1) is 0 Å². The molecule has 0 amide bonds. The summed E-state index contributed by atoms with van der Waals surface area (Å²) in [5.41, 5.74) is 11.2. The highest BCUT2D eigenvalue weighted by Gasteiger charge is 2.18. The van der Waals surface area contributed by atoms with Crippen molar-refractivity contribution in [3.63, 3.8) is 0 Å². The quantitative estimate of drug-likeness (QED) is 0.533. The maximum absolute atomic E-state index is 5.63. The van der Waals surface area contributed by atoms with E-state index >= 15 is 0 Å². The molecule has 1 heterocycles. The summed E-state index contributed by atoms with van der Waals surface area (Å²) in [6.45, 7) is 6.14. The SMILES string of the molecule is NCCCC(CCN)N1CCNCC1. The van der Waals surface area contributed by atoms with Crippen LogP contribution in [0.5, 0.6) is 0 Å². The number of nitrogens with one attached hydrogen (secondary N) is 1. The van der Waals surface area contributed by atoms with Crippen LogP contribution in [0.15, 0.2) is 0 Å². The molecule has 1 rings (SSSR count). The molecule has 1 saturated heterocycles. The maximum atomic E-state index is 5.63. The Morgan fingerprint density at radius 1 is 1.07 bits per heavy atom. The predicted octanol–water partition coefficient (Wildman–Crippen LogP) is -0.652. The summed E-state index contributed by atoms with van der Waals surface area (Å²) in [4.78, 5) is 2.55. The van der Waals surface area contributed by atoms with Gasteiger partial charge in [-0.05, 0) is 32.4 Å². The lowest BCUT2D eigenvalue weighted by atomic mass is 10.1. The fraction of sp³-hybridized carbons (Fsp3) is 1.00. The van der Waals surface area contributed by atoms with Crippen molar-refractivity contribution in [1.82, 2.24) is 10.2 Å². The largest absolute Gasteiger partial charge is 0.330 e. The van der Waals surface area contributed by atoms with Crippen molar-refractivity contribution in [2.75, 3.05) is 39.3 Å². The summed E-state index contributed by atoms with van der Waals surface area (Å²) in [6, 6.07) is 0.658. The molecule has 0 aromatic heterocycles. The first-order valence-corrected chi connectivity index (χ1v) is 5.73. The van der Waals surface area contributed by atoms with Gasteiger partial charge in [0.2, 0.25) is 0 Å². The Bertz CT molecular complexity index is 134. The maximum Gasteiger partial charge on any atom is 0.0110 e. The van der Waals surface area contributed by atoms with Gasteiger partial charge in [-0.2, -0.15) is 0 Å². The summed E-state index contributed by atoms with van der Waals surface area (Å²) in [7, 11) is 0. The van der Waals surface area contributed by atoms with Crippen LogP contribution in [0.25, 0.3) is 0 Å². The molecular formula is C10H24N4. The highest BCUT2D eigenvalue weighted by molar-refractivity contribution is 4.77. The molecule has 4 heteroatoms. The van der Waals surface area contributed by atoms with E-state index in [1.54, 1.807) is 0 Å². The standard InChI is InChI=1S/C10H24N4/c11-4-1-2-10(3-5-12)14-8-6-13-7-9-14/h10,13H,1-9,11-12H2. The number of hydrogen-bond acceptors (Lipinski definition) is 4. The fourth-order valence-corrected chi connectivity index (χ4v) is 2.10. The van der Waals surface area contributed by atoms with Gasteiger partial charge >= 0.3 is 0 Å². The van der Waals surface area contributed by atoms with Gasteiger partial charge < -0.3 is 16.8 Å². The Morgan fingerprint density at radius 2 is 1.79 bits per heavy atom.